The molecule has 1 heterocycles. The van der Waals surface area contributed by atoms with Gasteiger partial charge in [-0.25, -0.2) is 8.42 Å². The monoisotopic (exact) mass is 434 g/mol. The molecule has 0 unspecified atom stereocenters. The first kappa shape index (κ1) is 22.0. The number of anilines is 2. The number of rotatable bonds is 7. The summed E-state index contributed by atoms with van der Waals surface area (Å²) in [6.07, 6.45) is 0.969. The highest BCUT2D eigenvalue weighted by atomic mass is 32.2. The molecule has 9 nitrogen and oxygen atoms in total. The summed E-state index contributed by atoms with van der Waals surface area (Å²) in [7, 11) is -3.97. The fraction of sp³-hybridized carbons (Fsp3) is 0.400. The summed E-state index contributed by atoms with van der Waals surface area (Å²) in [4.78, 5) is 12.9. The molecule has 1 fully saturated rings. The van der Waals surface area contributed by atoms with E-state index in [-0.39, 0.29) is 23.7 Å². The Kier molecular flexibility index (Phi) is 6.30. The van der Waals surface area contributed by atoms with Crippen LogP contribution in [0.3, 0.4) is 0 Å². The van der Waals surface area contributed by atoms with Gasteiger partial charge >= 0.3 is 0 Å². The number of para-hydroxylation sites is 1. The van der Waals surface area contributed by atoms with Crippen molar-refractivity contribution in [2.75, 3.05) is 35.4 Å². The Labute approximate surface area is 175 Å². The van der Waals surface area contributed by atoms with Crippen LogP contribution in [0.5, 0.6) is 0 Å². The molecule has 0 aromatic heterocycles. The van der Waals surface area contributed by atoms with Crippen molar-refractivity contribution in [3.05, 3.63) is 58.6 Å². The number of benzene rings is 2. The summed E-state index contributed by atoms with van der Waals surface area (Å²) >= 11 is 0. The number of hydrogen-bond donors (Lipinski definition) is 2. The van der Waals surface area contributed by atoms with Crippen LogP contribution in [0.4, 0.5) is 17.1 Å². The minimum atomic E-state index is -3.97. The summed E-state index contributed by atoms with van der Waals surface area (Å²) in [6.45, 7) is 2.63. The van der Waals surface area contributed by atoms with Crippen molar-refractivity contribution in [1.29, 1.82) is 0 Å². The predicted octanol–water partition coefficient (Wildman–Crippen LogP) is 2.10. The van der Waals surface area contributed by atoms with Gasteiger partial charge < -0.3 is 15.7 Å². The first-order valence-electron chi connectivity index (χ1n) is 9.73. The number of aliphatic hydroxyl groups is 1. The van der Waals surface area contributed by atoms with E-state index in [1.807, 2.05) is 4.90 Å². The van der Waals surface area contributed by atoms with Gasteiger partial charge in [-0.3, -0.25) is 14.4 Å². The van der Waals surface area contributed by atoms with Gasteiger partial charge in [0.05, 0.1) is 22.1 Å². The van der Waals surface area contributed by atoms with Gasteiger partial charge in [0.1, 0.15) is 5.69 Å². The Bertz CT molecular complexity index is 1010. The number of nitro benzene ring substituents is 1. The van der Waals surface area contributed by atoms with Crippen molar-refractivity contribution < 1.29 is 18.4 Å². The van der Waals surface area contributed by atoms with E-state index in [0.717, 1.165) is 6.07 Å². The minimum Gasteiger partial charge on any atom is -0.394 e. The van der Waals surface area contributed by atoms with Crippen molar-refractivity contribution in [2.45, 2.75) is 30.2 Å². The summed E-state index contributed by atoms with van der Waals surface area (Å²) in [5.74, 6) is 0. The van der Waals surface area contributed by atoms with Crippen LogP contribution in [-0.2, 0) is 10.0 Å². The SMILES string of the molecule is CCN(c1ccccc1)S(=O)(=O)c1ccc(N2CCC(N)(CO)CC2)c([N+](=O)[O-])c1. The third-order valence-corrected chi connectivity index (χ3v) is 7.38. The van der Waals surface area contributed by atoms with E-state index in [9.17, 15) is 23.6 Å². The Morgan fingerprint density at radius 3 is 2.37 bits per heavy atom. The molecule has 2 aromatic rings. The van der Waals surface area contributed by atoms with Crippen LogP contribution in [-0.4, -0.2) is 50.2 Å². The molecule has 0 aliphatic carbocycles. The number of aliphatic hydroxyl groups excluding tert-OH is 1. The van der Waals surface area contributed by atoms with Crippen molar-refractivity contribution in [2.24, 2.45) is 5.73 Å². The molecule has 0 amide bonds. The molecule has 0 bridgehead atoms. The van der Waals surface area contributed by atoms with Crippen molar-refractivity contribution in [1.82, 2.24) is 0 Å². The van der Waals surface area contributed by atoms with Crippen LogP contribution in [0.2, 0.25) is 0 Å². The maximum atomic E-state index is 13.2. The van der Waals surface area contributed by atoms with Gasteiger partial charge in [0.2, 0.25) is 0 Å². The highest BCUT2D eigenvalue weighted by Crippen LogP contribution is 2.35. The lowest BCUT2D eigenvalue weighted by atomic mass is 9.89. The maximum Gasteiger partial charge on any atom is 0.293 e. The second-order valence-electron chi connectivity index (χ2n) is 7.42. The van der Waals surface area contributed by atoms with Crippen molar-refractivity contribution >= 4 is 27.1 Å². The molecule has 10 heteroatoms. The first-order chi connectivity index (χ1) is 14.2. The highest BCUT2D eigenvalue weighted by Gasteiger charge is 2.33. The molecule has 1 aliphatic heterocycles. The minimum absolute atomic E-state index is 0.135. The Morgan fingerprint density at radius 2 is 1.83 bits per heavy atom. The third-order valence-electron chi connectivity index (χ3n) is 5.48. The molecule has 0 spiro atoms. The van der Waals surface area contributed by atoms with Crippen LogP contribution < -0.4 is 14.9 Å². The summed E-state index contributed by atoms with van der Waals surface area (Å²) < 4.78 is 27.6. The number of nitrogens with zero attached hydrogens (tertiary/aromatic N) is 3. The van der Waals surface area contributed by atoms with E-state index in [1.165, 1.54) is 16.4 Å². The molecular weight excluding hydrogens is 408 g/mol. The number of piperidine rings is 1. The van der Waals surface area contributed by atoms with E-state index in [1.54, 1.807) is 37.3 Å². The summed E-state index contributed by atoms with van der Waals surface area (Å²) in [5, 5.41) is 21.2. The van der Waals surface area contributed by atoms with Gasteiger partial charge in [0.15, 0.2) is 0 Å². The lowest BCUT2D eigenvalue weighted by Gasteiger charge is -2.38. The Hall–Kier alpha value is -2.69. The second kappa shape index (κ2) is 8.58. The number of nitrogens with two attached hydrogens (primary N) is 1. The zero-order valence-corrected chi connectivity index (χ0v) is 17.6. The smallest absolute Gasteiger partial charge is 0.293 e. The van der Waals surface area contributed by atoms with Crippen LogP contribution in [0.1, 0.15) is 19.8 Å². The average Bonchev–Trinajstić information content (AvgIpc) is 2.75. The standard InChI is InChI=1S/C20H26N4O5S/c1-2-23(16-6-4-3-5-7-16)30(28,29)17-8-9-18(19(14-17)24(26)27)22-12-10-20(21,15-25)11-13-22/h3-9,14,25H,2,10-13,15,21H2,1H3. The molecule has 3 rings (SSSR count). The zero-order valence-electron chi connectivity index (χ0n) is 16.8. The zero-order chi connectivity index (χ0) is 21.9. The summed E-state index contributed by atoms with van der Waals surface area (Å²) in [5.41, 5.74) is 5.97. The van der Waals surface area contributed by atoms with Crippen LogP contribution in [0, 0.1) is 10.1 Å². The highest BCUT2D eigenvalue weighted by molar-refractivity contribution is 7.92. The molecule has 2 aromatic carbocycles. The molecule has 0 atom stereocenters. The van der Waals surface area contributed by atoms with Gasteiger partial charge in [-0.05, 0) is 44.0 Å². The molecule has 1 aliphatic rings. The van der Waals surface area contributed by atoms with E-state index in [4.69, 9.17) is 5.73 Å². The van der Waals surface area contributed by atoms with Crippen LogP contribution in [0.15, 0.2) is 53.4 Å². The summed E-state index contributed by atoms with van der Waals surface area (Å²) in [6, 6.07) is 12.6. The molecule has 162 valence electrons. The largest absolute Gasteiger partial charge is 0.394 e. The van der Waals surface area contributed by atoms with Crippen molar-refractivity contribution in [3.63, 3.8) is 0 Å². The molecule has 3 N–H and O–H groups in total. The Balaban J connectivity index is 1.96. The fourth-order valence-electron chi connectivity index (χ4n) is 3.64. The fourth-order valence-corrected chi connectivity index (χ4v) is 5.14. The number of nitro groups is 1. The maximum absolute atomic E-state index is 13.2. The average molecular weight is 435 g/mol. The third kappa shape index (κ3) is 4.25. The lowest BCUT2D eigenvalue weighted by molar-refractivity contribution is -0.384. The second-order valence-corrected chi connectivity index (χ2v) is 9.28. The van der Waals surface area contributed by atoms with Gasteiger partial charge in [0, 0.05) is 31.2 Å². The van der Waals surface area contributed by atoms with E-state index in [0.29, 0.717) is 37.3 Å². The lowest BCUT2D eigenvalue weighted by Crippen LogP contribution is -2.53. The van der Waals surface area contributed by atoms with Crippen LogP contribution in [0.25, 0.3) is 0 Å². The Morgan fingerprint density at radius 1 is 1.20 bits per heavy atom. The van der Waals surface area contributed by atoms with Crippen LogP contribution >= 0.6 is 0 Å². The van der Waals surface area contributed by atoms with E-state index >= 15 is 0 Å². The molecule has 0 radical (unpaired) electrons. The van der Waals surface area contributed by atoms with Gasteiger partial charge in [-0.15, -0.1) is 0 Å². The molecule has 1 saturated heterocycles. The quantitative estimate of drug-likeness (QED) is 0.504. The predicted molar refractivity (Wildman–Crippen MR) is 115 cm³/mol. The van der Waals surface area contributed by atoms with Gasteiger partial charge in [-0.2, -0.15) is 0 Å². The van der Waals surface area contributed by atoms with E-state index in [2.05, 4.69) is 0 Å². The molecular formula is C20H26N4O5S. The van der Waals surface area contributed by atoms with E-state index < -0.39 is 20.5 Å². The van der Waals surface area contributed by atoms with Gasteiger partial charge in [-0.1, -0.05) is 18.2 Å². The molecule has 30 heavy (non-hydrogen) atoms. The normalized spacial score (nSPS) is 16.3. The van der Waals surface area contributed by atoms with Gasteiger partial charge in [0.25, 0.3) is 15.7 Å². The van der Waals surface area contributed by atoms with Crippen molar-refractivity contribution in [3.8, 4) is 0 Å². The number of hydrogen-bond acceptors (Lipinski definition) is 7. The first-order valence-corrected chi connectivity index (χ1v) is 11.2. The topological polar surface area (TPSA) is 130 Å². The molecule has 0 saturated carbocycles. The number of sulfonamides is 1.